The van der Waals surface area contributed by atoms with Gasteiger partial charge in [0.1, 0.15) is 12.2 Å². The average molecular weight is 251 g/mol. The number of aromatic nitrogens is 4. The standard InChI is InChI=1S/C14H13N5/c1-11(12-6-8-15-9-7-12)16-10-19-14-5-3-2-4-13(14)17-18-19/h2-9H,10H2,1H3/b16-11+. The molecule has 5 heteroatoms. The fourth-order valence-corrected chi connectivity index (χ4v) is 1.88. The van der Waals surface area contributed by atoms with Gasteiger partial charge in [-0.05, 0) is 36.8 Å². The van der Waals surface area contributed by atoms with E-state index in [0.29, 0.717) is 6.67 Å². The van der Waals surface area contributed by atoms with E-state index in [2.05, 4.69) is 20.3 Å². The van der Waals surface area contributed by atoms with Gasteiger partial charge in [-0.2, -0.15) is 0 Å². The molecule has 0 aliphatic heterocycles. The summed E-state index contributed by atoms with van der Waals surface area (Å²) in [6.45, 7) is 2.45. The van der Waals surface area contributed by atoms with Crippen LogP contribution >= 0.6 is 0 Å². The van der Waals surface area contributed by atoms with Crippen LogP contribution in [-0.2, 0) is 6.67 Å². The summed E-state index contributed by atoms with van der Waals surface area (Å²) in [7, 11) is 0. The first kappa shape index (κ1) is 11.5. The van der Waals surface area contributed by atoms with E-state index < -0.39 is 0 Å². The van der Waals surface area contributed by atoms with Crippen molar-refractivity contribution in [2.24, 2.45) is 4.99 Å². The van der Waals surface area contributed by atoms with Crippen molar-refractivity contribution in [3.63, 3.8) is 0 Å². The minimum absolute atomic E-state index is 0.467. The molecule has 0 amide bonds. The second-order valence-corrected chi connectivity index (χ2v) is 4.20. The maximum absolute atomic E-state index is 4.54. The predicted octanol–water partition coefficient (Wildman–Crippen LogP) is 2.29. The molecule has 5 nitrogen and oxygen atoms in total. The Morgan fingerprint density at radius 3 is 2.79 bits per heavy atom. The number of benzene rings is 1. The zero-order chi connectivity index (χ0) is 13.1. The summed E-state index contributed by atoms with van der Waals surface area (Å²) in [5, 5.41) is 8.21. The number of rotatable bonds is 3. The van der Waals surface area contributed by atoms with Gasteiger partial charge in [-0.15, -0.1) is 5.10 Å². The van der Waals surface area contributed by atoms with E-state index >= 15 is 0 Å². The van der Waals surface area contributed by atoms with Crippen molar-refractivity contribution in [1.82, 2.24) is 20.0 Å². The van der Waals surface area contributed by atoms with Gasteiger partial charge in [-0.3, -0.25) is 9.98 Å². The monoisotopic (exact) mass is 251 g/mol. The van der Waals surface area contributed by atoms with Gasteiger partial charge in [-0.1, -0.05) is 17.3 Å². The Morgan fingerprint density at radius 2 is 1.95 bits per heavy atom. The molecule has 19 heavy (non-hydrogen) atoms. The lowest BCUT2D eigenvalue weighted by atomic mass is 10.2. The minimum Gasteiger partial charge on any atom is -0.266 e. The van der Waals surface area contributed by atoms with Gasteiger partial charge >= 0.3 is 0 Å². The van der Waals surface area contributed by atoms with Crippen LogP contribution in [0.2, 0.25) is 0 Å². The number of nitrogens with zero attached hydrogens (tertiary/aromatic N) is 5. The maximum atomic E-state index is 4.54. The quantitative estimate of drug-likeness (QED) is 0.671. The number of aliphatic imine (C=N–C) groups is 1. The van der Waals surface area contributed by atoms with Gasteiger partial charge in [0.15, 0.2) is 0 Å². The largest absolute Gasteiger partial charge is 0.266 e. The van der Waals surface area contributed by atoms with Crippen LogP contribution in [0.1, 0.15) is 12.5 Å². The van der Waals surface area contributed by atoms with E-state index in [-0.39, 0.29) is 0 Å². The molecule has 0 unspecified atom stereocenters. The highest BCUT2D eigenvalue weighted by Crippen LogP contribution is 2.10. The van der Waals surface area contributed by atoms with Gasteiger partial charge in [0.2, 0.25) is 0 Å². The van der Waals surface area contributed by atoms with E-state index in [9.17, 15) is 0 Å². The second-order valence-electron chi connectivity index (χ2n) is 4.20. The summed E-state index contributed by atoms with van der Waals surface area (Å²) >= 11 is 0. The molecule has 0 radical (unpaired) electrons. The summed E-state index contributed by atoms with van der Waals surface area (Å²) in [6.07, 6.45) is 3.53. The van der Waals surface area contributed by atoms with Crippen LogP contribution < -0.4 is 0 Å². The van der Waals surface area contributed by atoms with Crippen molar-refractivity contribution in [3.8, 4) is 0 Å². The lowest BCUT2D eigenvalue weighted by Crippen LogP contribution is -2.02. The van der Waals surface area contributed by atoms with Gasteiger partial charge in [-0.25, -0.2) is 4.68 Å². The Labute approximate surface area is 110 Å². The molecule has 94 valence electrons. The molecule has 0 aliphatic carbocycles. The van der Waals surface area contributed by atoms with Crippen LogP contribution in [-0.4, -0.2) is 25.7 Å². The second kappa shape index (κ2) is 4.97. The van der Waals surface area contributed by atoms with Crippen molar-refractivity contribution in [3.05, 3.63) is 54.4 Å². The third kappa shape index (κ3) is 2.35. The maximum Gasteiger partial charge on any atom is 0.134 e. The highest BCUT2D eigenvalue weighted by atomic mass is 15.4. The third-order valence-corrected chi connectivity index (χ3v) is 2.96. The third-order valence-electron chi connectivity index (χ3n) is 2.96. The van der Waals surface area contributed by atoms with Gasteiger partial charge in [0.05, 0.1) is 5.52 Å². The van der Waals surface area contributed by atoms with Crippen molar-refractivity contribution in [1.29, 1.82) is 0 Å². The van der Waals surface area contributed by atoms with E-state index in [1.54, 1.807) is 17.1 Å². The Hall–Kier alpha value is -2.56. The van der Waals surface area contributed by atoms with Crippen LogP contribution in [0.25, 0.3) is 11.0 Å². The van der Waals surface area contributed by atoms with Crippen molar-refractivity contribution < 1.29 is 0 Å². The van der Waals surface area contributed by atoms with Crippen LogP contribution in [0, 0.1) is 0 Å². The summed E-state index contributed by atoms with van der Waals surface area (Å²) in [5.74, 6) is 0. The number of pyridine rings is 1. The van der Waals surface area contributed by atoms with E-state index in [1.807, 2.05) is 43.3 Å². The lowest BCUT2D eigenvalue weighted by molar-refractivity contribution is 0.629. The molecule has 3 aromatic rings. The molecule has 3 rings (SSSR count). The molecule has 0 fully saturated rings. The number of hydrogen-bond donors (Lipinski definition) is 0. The fourth-order valence-electron chi connectivity index (χ4n) is 1.88. The number of hydrogen-bond acceptors (Lipinski definition) is 4. The Morgan fingerprint density at radius 1 is 1.16 bits per heavy atom. The van der Waals surface area contributed by atoms with Crippen molar-refractivity contribution in [2.45, 2.75) is 13.6 Å². The van der Waals surface area contributed by atoms with Crippen LogP contribution in [0.15, 0.2) is 53.8 Å². The van der Waals surface area contributed by atoms with E-state index in [0.717, 1.165) is 22.3 Å². The topological polar surface area (TPSA) is 56.0 Å². The SMILES string of the molecule is C/C(=N\Cn1nnc2ccccc21)c1ccncc1. The first-order valence-corrected chi connectivity index (χ1v) is 6.04. The molecule has 0 spiro atoms. The first-order chi connectivity index (χ1) is 9.34. The molecular formula is C14H13N5. The number of para-hydroxylation sites is 1. The highest BCUT2D eigenvalue weighted by Gasteiger charge is 2.02. The first-order valence-electron chi connectivity index (χ1n) is 6.04. The van der Waals surface area contributed by atoms with Gasteiger partial charge in [0, 0.05) is 18.1 Å². The van der Waals surface area contributed by atoms with Crippen molar-refractivity contribution in [2.75, 3.05) is 0 Å². The highest BCUT2D eigenvalue weighted by molar-refractivity contribution is 5.98. The molecule has 0 bridgehead atoms. The molecule has 0 saturated carbocycles. The van der Waals surface area contributed by atoms with Gasteiger partial charge < -0.3 is 0 Å². The normalized spacial score (nSPS) is 11.9. The molecule has 2 aromatic heterocycles. The van der Waals surface area contributed by atoms with Crippen LogP contribution in [0.5, 0.6) is 0 Å². The zero-order valence-electron chi connectivity index (χ0n) is 10.6. The zero-order valence-corrected chi connectivity index (χ0v) is 10.6. The van der Waals surface area contributed by atoms with Crippen molar-refractivity contribution >= 4 is 16.7 Å². The summed E-state index contributed by atoms with van der Waals surface area (Å²) < 4.78 is 1.79. The number of fused-ring (bicyclic) bond motifs is 1. The smallest absolute Gasteiger partial charge is 0.134 e. The molecule has 1 aromatic carbocycles. The molecule has 0 aliphatic rings. The Kier molecular flexibility index (Phi) is 3.02. The Balaban J connectivity index is 1.86. The fraction of sp³-hybridized carbons (Fsp3) is 0.143. The molecule has 0 saturated heterocycles. The van der Waals surface area contributed by atoms with Crippen LogP contribution in [0.3, 0.4) is 0 Å². The summed E-state index contributed by atoms with van der Waals surface area (Å²) in [6, 6.07) is 11.7. The lowest BCUT2D eigenvalue weighted by Gasteiger charge is -2.01. The minimum atomic E-state index is 0.467. The average Bonchev–Trinajstić information content (AvgIpc) is 2.89. The molecule has 2 heterocycles. The van der Waals surface area contributed by atoms with Crippen LogP contribution in [0.4, 0.5) is 0 Å². The molecular weight excluding hydrogens is 238 g/mol. The Bertz CT molecular complexity index is 715. The molecule has 0 atom stereocenters. The van der Waals surface area contributed by atoms with E-state index in [4.69, 9.17) is 0 Å². The predicted molar refractivity (Wildman–Crippen MR) is 74.0 cm³/mol. The molecule has 0 N–H and O–H groups in total. The van der Waals surface area contributed by atoms with E-state index in [1.165, 1.54) is 0 Å². The summed E-state index contributed by atoms with van der Waals surface area (Å²) in [5.41, 5.74) is 3.91. The van der Waals surface area contributed by atoms with Gasteiger partial charge in [0.25, 0.3) is 0 Å². The summed E-state index contributed by atoms with van der Waals surface area (Å²) in [4.78, 5) is 8.53.